The zero-order chi connectivity index (χ0) is 32.0. The van der Waals surface area contributed by atoms with Gasteiger partial charge in [0.1, 0.15) is 23.0 Å². The third-order valence-electron chi connectivity index (χ3n) is 7.86. The number of hydrogen-bond donors (Lipinski definition) is 2. The Morgan fingerprint density at radius 1 is 0.933 bits per heavy atom. The third-order valence-corrected chi connectivity index (χ3v) is 9.05. The van der Waals surface area contributed by atoms with Gasteiger partial charge in [0.25, 0.3) is 5.91 Å². The van der Waals surface area contributed by atoms with Crippen LogP contribution in [0.3, 0.4) is 0 Å². The van der Waals surface area contributed by atoms with E-state index in [4.69, 9.17) is 4.42 Å². The number of nitrogens with one attached hydrogen (secondary N) is 1. The van der Waals surface area contributed by atoms with Crippen LogP contribution in [-0.2, 0) is 16.6 Å². The quantitative estimate of drug-likeness (QED) is 0.202. The largest absolute Gasteiger partial charge is 0.455 e. The van der Waals surface area contributed by atoms with Crippen molar-refractivity contribution in [2.24, 2.45) is 0 Å². The number of benzene rings is 4. The molecule has 2 heterocycles. The third kappa shape index (κ3) is 5.45. The number of nitrogens with zero attached hydrogens (tertiary/aromatic N) is 2. The number of carbonyl (C=O) groups excluding carboxylic acids is 1. The molecule has 0 atom stereocenters. The molecule has 6 aromatic rings. The Balaban J connectivity index is 1.61. The van der Waals surface area contributed by atoms with Crippen LogP contribution in [0, 0.1) is 11.6 Å². The predicted octanol–water partition coefficient (Wildman–Crippen LogP) is 6.41. The summed E-state index contributed by atoms with van der Waals surface area (Å²) in [5.41, 5.74) is 4.65. The number of sulfonamides is 1. The Morgan fingerprint density at radius 3 is 2.33 bits per heavy atom. The molecule has 0 bridgehead atoms. The second-order valence-electron chi connectivity index (χ2n) is 10.7. The van der Waals surface area contributed by atoms with E-state index in [0.29, 0.717) is 33.2 Å². The number of furan rings is 1. The summed E-state index contributed by atoms with van der Waals surface area (Å²) in [7, 11) is -0.810. The van der Waals surface area contributed by atoms with Crippen molar-refractivity contribution < 1.29 is 31.5 Å². The van der Waals surface area contributed by atoms with Gasteiger partial charge >= 0.3 is 0 Å². The Morgan fingerprint density at radius 2 is 1.64 bits per heavy atom. The number of halogens is 2. The highest BCUT2D eigenvalue weighted by atomic mass is 32.2. The highest BCUT2D eigenvalue weighted by molar-refractivity contribution is 7.92. The first-order chi connectivity index (χ1) is 21.5. The molecule has 0 unspecified atom stereocenters. The van der Waals surface area contributed by atoms with Crippen LogP contribution in [0.4, 0.5) is 14.5 Å². The second-order valence-corrected chi connectivity index (χ2v) is 12.7. The average Bonchev–Trinajstić information content (AvgIpc) is 3.57. The lowest BCUT2D eigenvalue weighted by molar-refractivity contribution is 0.0964. The molecule has 0 aliphatic rings. The summed E-state index contributed by atoms with van der Waals surface area (Å²) in [5, 5.41) is 13.5. The number of amides is 1. The molecule has 2 aromatic heterocycles. The summed E-state index contributed by atoms with van der Waals surface area (Å²) < 4.78 is 62.6. The van der Waals surface area contributed by atoms with Crippen molar-refractivity contribution in [1.29, 1.82) is 0 Å². The zero-order valence-corrected chi connectivity index (χ0v) is 25.5. The van der Waals surface area contributed by atoms with Gasteiger partial charge in [0, 0.05) is 59.8 Å². The minimum atomic E-state index is -3.73. The van der Waals surface area contributed by atoms with E-state index in [2.05, 4.69) is 5.32 Å². The topological polar surface area (TPSA) is 105 Å². The average molecular weight is 630 g/mol. The first-order valence-corrected chi connectivity index (χ1v) is 15.9. The maximum absolute atomic E-state index is 14.1. The normalized spacial score (nSPS) is 11.8. The van der Waals surface area contributed by atoms with Crippen LogP contribution in [-0.4, -0.2) is 51.0 Å². The van der Waals surface area contributed by atoms with Gasteiger partial charge < -0.3 is 19.4 Å². The molecule has 0 saturated heterocycles. The van der Waals surface area contributed by atoms with Crippen molar-refractivity contribution in [3.05, 3.63) is 102 Å². The van der Waals surface area contributed by atoms with E-state index < -0.39 is 21.7 Å². The van der Waals surface area contributed by atoms with Crippen molar-refractivity contribution in [2.75, 3.05) is 31.3 Å². The molecule has 2 N–H and O–H groups in total. The Bertz CT molecular complexity index is 2210. The number of anilines is 1. The molecular formula is C34H29F2N3O5S. The number of hydrogen-bond acceptors (Lipinski definition) is 5. The molecule has 11 heteroatoms. The van der Waals surface area contributed by atoms with Crippen LogP contribution in [0.5, 0.6) is 0 Å². The Hall–Kier alpha value is -5.00. The van der Waals surface area contributed by atoms with E-state index in [1.807, 2.05) is 34.9 Å². The number of carbonyl (C=O) groups is 1. The fourth-order valence-electron chi connectivity index (χ4n) is 5.63. The smallest absolute Gasteiger partial charge is 0.255 e. The number of aliphatic hydroxyl groups excluding tert-OH is 1. The van der Waals surface area contributed by atoms with Crippen LogP contribution in [0.2, 0.25) is 0 Å². The first kappa shape index (κ1) is 30.0. The summed E-state index contributed by atoms with van der Waals surface area (Å²) in [4.78, 5) is 13.2. The highest BCUT2D eigenvalue weighted by Gasteiger charge is 2.26. The summed E-state index contributed by atoms with van der Waals surface area (Å²) in [5.74, 6) is -1.04. The molecule has 0 radical (unpaired) electrons. The lowest BCUT2D eigenvalue weighted by Crippen LogP contribution is -2.25. The van der Waals surface area contributed by atoms with E-state index in [0.717, 1.165) is 27.3 Å². The van der Waals surface area contributed by atoms with Crippen molar-refractivity contribution >= 4 is 43.5 Å². The van der Waals surface area contributed by atoms with Crippen molar-refractivity contribution in [3.63, 3.8) is 0 Å². The van der Waals surface area contributed by atoms with E-state index in [-0.39, 0.29) is 35.9 Å². The summed E-state index contributed by atoms with van der Waals surface area (Å²) >= 11 is 0. The summed E-state index contributed by atoms with van der Waals surface area (Å²) in [6.45, 7) is 0.145. The van der Waals surface area contributed by atoms with Gasteiger partial charge in [-0.1, -0.05) is 18.2 Å². The monoisotopic (exact) mass is 629 g/mol. The molecule has 4 aromatic carbocycles. The molecule has 0 aliphatic carbocycles. The molecule has 0 fully saturated rings. The van der Waals surface area contributed by atoms with Crippen LogP contribution >= 0.6 is 0 Å². The lowest BCUT2D eigenvalue weighted by Gasteiger charge is -2.21. The number of aromatic nitrogens is 1. The molecule has 0 aliphatic heterocycles. The molecule has 0 spiro atoms. The molecular weight excluding hydrogens is 600 g/mol. The molecule has 0 saturated carbocycles. The minimum Gasteiger partial charge on any atom is -0.455 e. The SMILES string of the molecule is CNC(=O)c1c(-c2ccc(F)cc2)oc2cc(N(C)S(C)(=O)=O)c(-c3cccc(-c4cc5cc(F)ccc5n4CCO)c3)cc12. The second kappa shape index (κ2) is 11.5. The van der Waals surface area contributed by atoms with Crippen LogP contribution in [0.25, 0.3) is 55.6 Å². The van der Waals surface area contributed by atoms with E-state index in [9.17, 15) is 27.1 Å². The molecule has 45 heavy (non-hydrogen) atoms. The molecule has 8 nitrogen and oxygen atoms in total. The van der Waals surface area contributed by atoms with Gasteiger partial charge in [-0.05, 0) is 71.8 Å². The van der Waals surface area contributed by atoms with Crippen LogP contribution in [0.15, 0.2) is 89.3 Å². The van der Waals surface area contributed by atoms with E-state index >= 15 is 0 Å². The Kier molecular flexibility index (Phi) is 7.67. The van der Waals surface area contributed by atoms with Crippen molar-refractivity contribution in [2.45, 2.75) is 6.54 Å². The van der Waals surface area contributed by atoms with E-state index in [1.165, 1.54) is 50.5 Å². The van der Waals surface area contributed by atoms with Crippen LogP contribution < -0.4 is 9.62 Å². The summed E-state index contributed by atoms with van der Waals surface area (Å²) in [6.07, 6.45) is 1.09. The predicted molar refractivity (Wildman–Crippen MR) is 172 cm³/mol. The van der Waals surface area contributed by atoms with Crippen molar-refractivity contribution in [3.8, 4) is 33.7 Å². The molecule has 1 amide bonds. The zero-order valence-electron chi connectivity index (χ0n) is 24.6. The highest BCUT2D eigenvalue weighted by Crippen LogP contribution is 2.42. The fraction of sp³-hybridized carbons (Fsp3) is 0.147. The van der Waals surface area contributed by atoms with Crippen LogP contribution in [0.1, 0.15) is 10.4 Å². The van der Waals surface area contributed by atoms with Gasteiger partial charge in [-0.15, -0.1) is 0 Å². The fourth-order valence-corrected chi connectivity index (χ4v) is 6.13. The molecule has 6 rings (SSSR count). The minimum absolute atomic E-state index is 0.132. The van der Waals surface area contributed by atoms with Crippen molar-refractivity contribution in [1.82, 2.24) is 9.88 Å². The van der Waals surface area contributed by atoms with Gasteiger partial charge in [0.2, 0.25) is 10.0 Å². The maximum atomic E-state index is 14.1. The standard InChI is InChI=1S/C34H29F2N3O5S/c1-37-34(41)32-27-18-26(30(38(2)45(3,42)43)19-31(27)44-33(32)20-7-9-24(35)10-8-20)21-5-4-6-22(15-21)29-17-23-16-25(36)11-12-28(23)39(29)13-14-40/h4-12,15-19,40H,13-14H2,1-3H3,(H,37,41). The van der Waals surface area contributed by atoms with Gasteiger partial charge in [0.05, 0.1) is 24.1 Å². The van der Waals surface area contributed by atoms with E-state index in [1.54, 1.807) is 18.2 Å². The Labute approximate surface area is 258 Å². The van der Waals surface area contributed by atoms with Gasteiger partial charge in [-0.25, -0.2) is 17.2 Å². The maximum Gasteiger partial charge on any atom is 0.255 e. The van der Waals surface area contributed by atoms with Gasteiger partial charge in [-0.2, -0.15) is 0 Å². The number of fused-ring (bicyclic) bond motifs is 2. The summed E-state index contributed by atoms with van der Waals surface area (Å²) in [6, 6.07) is 22.5. The number of aliphatic hydroxyl groups is 1. The first-order valence-electron chi connectivity index (χ1n) is 14.0. The van der Waals surface area contributed by atoms with Gasteiger partial charge in [0.15, 0.2) is 0 Å². The lowest BCUT2D eigenvalue weighted by atomic mass is 9.96. The van der Waals surface area contributed by atoms with Gasteiger partial charge in [-0.3, -0.25) is 9.10 Å². The molecule has 230 valence electrons. The number of rotatable bonds is 8.